The van der Waals surface area contributed by atoms with Crippen LogP contribution in [0.1, 0.15) is 25.3 Å². The van der Waals surface area contributed by atoms with Crippen molar-refractivity contribution in [2.45, 2.75) is 37.1 Å². The number of aromatic hydroxyl groups is 1. The first-order valence-corrected chi connectivity index (χ1v) is 9.15. The van der Waals surface area contributed by atoms with E-state index in [2.05, 4.69) is 9.71 Å². The summed E-state index contributed by atoms with van der Waals surface area (Å²) >= 11 is 5.76. The summed E-state index contributed by atoms with van der Waals surface area (Å²) < 4.78 is 27.2. The fourth-order valence-electron chi connectivity index (χ4n) is 2.26. The highest BCUT2D eigenvalue weighted by Gasteiger charge is 2.22. The number of halogens is 1. The third-order valence-corrected chi connectivity index (χ3v) is 5.35. The van der Waals surface area contributed by atoms with E-state index in [1.807, 2.05) is 12.1 Å². The van der Waals surface area contributed by atoms with E-state index >= 15 is 0 Å². The van der Waals surface area contributed by atoms with E-state index < -0.39 is 15.8 Å². The monoisotopic (exact) mass is 354 g/mol. The molecule has 0 fully saturated rings. The average molecular weight is 355 g/mol. The van der Waals surface area contributed by atoms with Gasteiger partial charge in [-0.2, -0.15) is 0 Å². The number of phenolic OH excluding ortho intramolecular Hbond substituents is 1. The molecule has 23 heavy (non-hydrogen) atoms. The van der Waals surface area contributed by atoms with Crippen molar-refractivity contribution >= 4 is 21.6 Å². The van der Waals surface area contributed by atoms with E-state index in [0.29, 0.717) is 6.42 Å². The molecule has 0 spiro atoms. The van der Waals surface area contributed by atoms with Crippen LogP contribution in [0.2, 0.25) is 5.02 Å². The lowest BCUT2D eigenvalue weighted by atomic mass is 10.1. The van der Waals surface area contributed by atoms with Crippen LogP contribution in [-0.4, -0.2) is 24.6 Å². The van der Waals surface area contributed by atoms with E-state index in [4.69, 9.17) is 11.6 Å². The lowest BCUT2D eigenvalue weighted by Gasteiger charge is -2.15. The summed E-state index contributed by atoms with van der Waals surface area (Å²) in [6.45, 7) is 1.79. The lowest BCUT2D eigenvalue weighted by Crippen LogP contribution is -2.32. The number of nitrogens with one attached hydrogen (secondary N) is 1. The molecule has 1 heterocycles. The van der Waals surface area contributed by atoms with Crippen molar-refractivity contribution in [1.29, 1.82) is 0 Å². The number of benzene rings is 1. The molecule has 0 bridgehead atoms. The van der Waals surface area contributed by atoms with Crippen LogP contribution in [0.15, 0.2) is 47.6 Å². The quantitative estimate of drug-likeness (QED) is 0.800. The summed E-state index contributed by atoms with van der Waals surface area (Å²) in [5.41, 5.74) is 1.12. The zero-order valence-electron chi connectivity index (χ0n) is 12.7. The van der Waals surface area contributed by atoms with Gasteiger partial charge >= 0.3 is 0 Å². The van der Waals surface area contributed by atoms with E-state index in [9.17, 15) is 13.5 Å². The minimum atomic E-state index is -3.80. The van der Waals surface area contributed by atoms with Crippen LogP contribution in [0.25, 0.3) is 0 Å². The highest BCUT2D eigenvalue weighted by Crippen LogP contribution is 2.30. The zero-order valence-corrected chi connectivity index (χ0v) is 14.3. The minimum absolute atomic E-state index is 0.0112. The van der Waals surface area contributed by atoms with E-state index in [0.717, 1.165) is 18.4 Å². The van der Waals surface area contributed by atoms with E-state index in [1.54, 1.807) is 19.3 Å². The molecule has 124 valence electrons. The van der Waals surface area contributed by atoms with Crippen molar-refractivity contribution in [3.63, 3.8) is 0 Å². The maximum Gasteiger partial charge on any atom is 0.244 e. The molecule has 0 amide bonds. The largest absolute Gasteiger partial charge is 0.505 e. The Morgan fingerprint density at radius 2 is 2.09 bits per heavy atom. The molecule has 1 aromatic carbocycles. The van der Waals surface area contributed by atoms with Crippen molar-refractivity contribution < 1.29 is 13.5 Å². The molecule has 0 radical (unpaired) electrons. The fraction of sp³-hybridized carbons (Fsp3) is 0.312. The number of aryl methyl sites for hydroxylation is 1. The van der Waals surface area contributed by atoms with Crippen molar-refractivity contribution in [2.75, 3.05) is 0 Å². The molecule has 1 unspecified atom stereocenters. The summed E-state index contributed by atoms with van der Waals surface area (Å²) in [6, 6.07) is 7.87. The van der Waals surface area contributed by atoms with Gasteiger partial charge in [-0.15, -0.1) is 0 Å². The molecule has 0 aliphatic rings. The number of sulfonamides is 1. The highest BCUT2D eigenvalue weighted by molar-refractivity contribution is 7.89. The molecule has 0 aliphatic carbocycles. The van der Waals surface area contributed by atoms with Gasteiger partial charge in [-0.1, -0.05) is 23.7 Å². The number of pyridine rings is 1. The first-order chi connectivity index (χ1) is 10.9. The second kappa shape index (κ2) is 7.77. The lowest BCUT2D eigenvalue weighted by molar-refractivity contribution is 0.456. The number of hydrogen-bond acceptors (Lipinski definition) is 4. The van der Waals surface area contributed by atoms with Crippen molar-refractivity contribution in [1.82, 2.24) is 9.71 Å². The van der Waals surface area contributed by atoms with Gasteiger partial charge in [0.2, 0.25) is 10.0 Å². The second-order valence-corrected chi connectivity index (χ2v) is 7.45. The topological polar surface area (TPSA) is 79.3 Å². The van der Waals surface area contributed by atoms with Gasteiger partial charge in [-0.25, -0.2) is 13.1 Å². The minimum Gasteiger partial charge on any atom is -0.505 e. The standard InChI is InChI=1S/C16H19ClN2O3S/c1-12(5-2-6-13-7-4-10-18-11-13)19-23(21,22)15-9-3-8-14(17)16(15)20/h3-4,7-12,19-20H,2,5-6H2,1H3. The third kappa shape index (κ3) is 4.92. The molecule has 0 saturated carbocycles. The Balaban J connectivity index is 1.93. The average Bonchev–Trinajstić information content (AvgIpc) is 2.50. The van der Waals surface area contributed by atoms with Gasteiger partial charge in [0.05, 0.1) is 5.02 Å². The molecule has 0 saturated heterocycles. The first-order valence-electron chi connectivity index (χ1n) is 7.29. The molecule has 5 nitrogen and oxygen atoms in total. The predicted octanol–water partition coefficient (Wildman–Crippen LogP) is 3.13. The van der Waals surface area contributed by atoms with E-state index in [-0.39, 0.29) is 16.0 Å². The van der Waals surface area contributed by atoms with Crippen LogP contribution in [0.4, 0.5) is 0 Å². The molecule has 0 aliphatic heterocycles. The fourth-order valence-corrected chi connectivity index (χ4v) is 3.89. The molecule has 2 rings (SSSR count). The summed E-state index contributed by atoms with van der Waals surface area (Å²) in [5, 5.41) is 9.82. The maximum absolute atomic E-state index is 12.3. The molecular formula is C16H19ClN2O3S. The number of rotatable bonds is 7. The second-order valence-electron chi connectivity index (χ2n) is 5.36. The Bertz CT molecular complexity index is 751. The van der Waals surface area contributed by atoms with Crippen molar-refractivity contribution in [2.24, 2.45) is 0 Å². The summed E-state index contributed by atoms with van der Waals surface area (Å²) in [4.78, 5) is 3.84. The number of hydrogen-bond donors (Lipinski definition) is 2. The van der Waals surface area contributed by atoms with Gasteiger partial charge in [0.25, 0.3) is 0 Å². The van der Waals surface area contributed by atoms with Gasteiger partial charge in [0, 0.05) is 18.4 Å². The van der Waals surface area contributed by atoms with Gasteiger partial charge in [-0.3, -0.25) is 4.98 Å². The van der Waals surface area contributed by atoms with Crippen LogP contribution in [0.3, 0.4) is 0 Å². The van der Waals surface area contributed by atoms with Crippen LogP contribution in [0, 0.1) is 0 Å². The Kier molecular flexibility index (Phi) is 5.98. The molecule has 7 heteroatoms. The van der Waals surface area contributed by atoms with Gasteiger partial charge in [0.1, 0.15) is 4.90 Å². The van der Waals surface area contributed by atoms with Gasteiger partial charge in [-0.05, 0) is 49.9 Å². The summed E-state index contributed by atoms with van der Waals surface area (Å²) in [5.74, 6) is -0.427. The van der Waals surface area contributed by atoms with Crippen LogP contribution >= 0.6 is 11.6 Å². The first kappa shape index (κ1) is 17.7. The normalized spacial score (nSPS) is 13.0. The zero-order chi connectivity index (χ0) is 16.9. The Morgan fingerprint density at radius 1 is 1.30 bits per heavy atom. The molecule has 1 aromatic heterocycles. The number of nitrogens with zero attached hydrogens (tertiary/aromatic N) is 1. The van der Waals surface area contributed by atoms with Crippen molar-refractivity contribution in [3.8, 4) is 5.75 Å². The highest BCUT2D eigenvalue weighted by atomic mass is 35.5. The Labute approximate surface area is 141 Å². The SMILES string of the molecule is CC(CCCc1cccnc1)NS(=O)(=O)c1cccc(Cl)c1O. The molecule has 1 atom stereocenters. The molecule has 2 N–H and O–H groups in total. The summed E-state index contributed by atoms with van der Waals surface area (Å²) in [6.07, 6.45) is 5.87. The molecular weight excluding hydrogens is 336 g/mol. The van der Waals surface area contributed by atoms with Gasteiger partial charge < -0.3 is 5.11 Å². The van der Waals surface area contributed by atoms with E-state index in [1.165, 1.54) is 18.2 Å². The number of para-hydroxylation sites is 1. The predicted molar refractivity (Wildman–Crippen MR) is 90.1 cm³/mol. The van der Waals surface area contributed by atoms with Crippen LogP contribution in [0.5, 0.6) is 5.75 Å². The summed E-state index contributed by atoms with van der Waals surface area (Å²) in [7, 11) is -3.80. The number of phenols is 1. The Hall–Kier alpha value is -1.63. The van der Waals surface area contributed by atoms with Crippen LogP contribution < -0.4 is 4.72 Å². The maximum atomic E-state index is 12.3. The smallest absolute Gasteiger partial charge is 0.244 e. The van der Waals surface area contributed by atoms with Crippen LogP contribution in [-0.2, 0) is 16.4 Å². The third-order valence-electron chi connectivity index (χ3n) is 3.42. The number of aromatic nitrogens is 1. The van der Waals surface area contributed by atoms with Gasteiger partial charge in [0.15, 0.2) is 5.75 Å². The molecule has 2 aromatic rings. The Morgan fingerprint density at radius 3 is 2.78 bits per heavy atom. The van der Waals surface area contributed by atoms with Crippen molar-refractivity contribution in [3.05, 3.63) is 53.3 Å².